The van der Waals surface area contributed by atoms with Crippen LogP contribution in [0, 0.1) is 17.8 Å². The Labute approximate surface area is 80.9 Å². The van der Waals surface area contributed by atoms with Gasteiger partial charge in [-0.15, -0.1) is 0 Å². The molecule has 1 N–H and O–H groups in total. The highest BCUT2D eigenvalue weighted by Crippen LogP contribution is 2.33. The average Bonchev–Trinajstić information content (AvgIpc) is 2.43. The van der Waals surface area contributed by atoms with Crippen LogP contribution >= 0.6 is 0 Å². The summed E-state index contributed by atoms with van der Waals surface area (Å²) in [5.74, 6) is 2.46. The number of aliphatic hydroxyl groups excluding tert-OH is 1. The van der Waals surface area contributed by atoms with Gasteiger partial charge >= 0.3 is 0 Å². The first kappa shape index (κ1) is 9.47. The van der Waals surface area contributed by atoms with Crippen LogP contribution in [0.4, 0.5) is 0 Å². The maximum atomic E-state index is 8.89. The Balaban J connectivity index is 1.68. The number of hydrogen-bond acceptors (Lipinski definition) is 2. The van der Waals surface area contributed by atoms with Crippen molar-refractivity contribution < 1.29 is 5.11 Å². The van der Waals surface area contributed by atoms with Crippen molar-refractivity contribution >= 4 is 0 Å². The number of aliphatic hydroxyl groups is 1. The lowest BCUT2D eigenvalue weighted by Crippen LogP contribution is -2.50. The summed E-state index contributed by atoms with van der Waals surface area (Å²) in [6, 6.07) is 0. The molecular formula is C11H21NO. The van der Waals surface area contributed by atoms with Crippen molar-refractivity contribution in [3.63, 3.8) is 0 Å². The Morgan fingerprint density at radius 2 is 2.08 bits per heavy atom. The highest BCUT2D eigenvalue weighted by atomic mass is 16.3. The van der Waals surface area contributed by atoms with Gasteiger partial charge in [-0.1, -0.05) is 19.8 Å². The first-order valence-electron chi connectivity index (χ1n) is 5.63. The number of hydrogen-bond donors (Lipinski definition) is 1. The van der Waals surface area contributed by atoms with Crippen LogP contribution < -0.4 is 0 Å². The van der Waals surface area contributed by atoms with E-state index in [2.05, 4.69) is 11.8 Å². The van der Waals surface area contributed by atoms with E-state index in [0.29, 0.717) is 12.5 Å². The van der Waals surface area contributed by atoms with Crippen LogP contribution in [0.2, 0.25) is 0 Å². The minimum atomic E-state index is 0.386. The zero-order valence-electron chi connectivity index (χ0n) is 8.58. The third kappa shape index (κ3) is 2.05. The second-order valence-corrected chi connectivity index (χ2v) is 4.94. The van der Waals surface area contributed by atoms with Gasteiger partial charge in [0.2, 0.25) is 0 Å². The minimum Gasteiger partial charge on any atom is -0.396 e. The summed E-state index contributed by atoms with van der Waals surface area (Å²) in [6.45, 7) is 6.34. The van der Waals surface area contributed by atoms with Gasteiger partial charge in [-0.2, -0.15) is 0 Å². The second-order valence-electron chi connectivity index (χ2n) is 4.94. The molecule has 1 aliphatic carbocycles. The molecule has 2 aliphatic rings. The van der Waals surface area contributed by atoms with E-state index in [1.807, 2.05) is 0 Å². The fourth-order valence-electron chi connectivity index (χ4n) is 2.77. The molecule has 76 valence electrons. The van der Waals surface area contributed by atoms with Crippen molar-refractivity contribution in [3.05, 3.63) is 0 Å². The molecule has 1 saturated heterocycles. The van der Waals surface area contributed by atoms with Gasteiger partial charge in [-0.05, 0) is 18.3 Å². The summed E-state index contributed by atoms with van der Waals surface area (Å²) in [4.78, 5) is 2.51. The Morgan fingerprint density at radius 1 is 1.31 bits per heavy atom. The lowest BCUT2D eigenvalue weighted by molar-refractivity contribution is 0.0377. The molecule has 0 aromatic heterocycles. The van der Waals surface area contributed by atoms with Gasteiger partial charge in [0, 0.05) is 32.2 Å². The molecule has 0 amide bonds. The largest absolute Gasteiger partial charge is 0.396 e. The normalized spacial score (nSPS) is 36.5. The highest BCUT2D eigenvalue weighted by Gasteiger charge is 2.31. The smallest absolute Gasteiger partial charge is 0.0483 e. The van der Waals surface area contributed by atoms with Gasteiger partial charge < -0.3 is 10.0 Å². The predicted octanol–water partition coefficient (Wildman–Crippen LogP) is 1.35. The van der Waals surface area contributed by atoms with Gasteiger partial charge in [0.25, 0.3) is 0 Å². The van der Waals surface area contributed by atoms with Gasteiger partial charge in [0.15, 0.2) is 0 Å². The second kappa shape index (κ2) is 3.97. The van der Waals surface area contributed by atoms with Gasteiger partial charge in [-0.3, -0.25) is 0 Å². The van der Waals surface area contributed by atoms with Crippen molar-refractivity contribution in [1.29, 1.82) is 0 Å². The topological polar surface area (TPSA) is 23.5 Å². The van der Waals surface area contributed by atoms with E-state index in [1.165, 1.54) is 25.8 Å². The molecule has 0 aromatic rings. The van der Waals surface area contributed by atoms with E-state index in [-0.39, 0.29) is 0 Å². The van der Waals surface area contributed by atoms with E-state index < -0.39 is 0 Å². The summed E-state index contributed by atoms with van der Waals surface area (Å²) in [6.07, 6.45) is 4.30. The summed E-state index contributed by atoms with van der Waals surface area (Å²) in [5, 5.41) is 8.89. The predicted molar refractivity (Wildman–Crippen MR) is 53.5 cm³/mol. The summed E-state index contributed by atoms with van der Waals surface area (Å²) >= 11 is 0. The molecule has 2 unspecified atom stereocenters. The first-order chi connectivity index (χ1) is 6.29. The van der Waals surface area contributed by atoms with E-state index in [0.717, 1.165) is 24.9 Å². The minimum absolute atomic E-state index is 0.386. The Bertz CT molecular complexity index is 165. The maximum absolute atomic E-state index is 8.89. The third-order valence-electron chi connectivity index (χ3n) is 3.82. The number of nitrogens with zero attached hydrogens (tertiary/aromatic N) is 1. The van der Waals surface area contributed by atoms with Gasteiger partial charge in [0.05, 0.1) is 0 Å². The van der Waals surface area contributed by atoms with Crippen LogP contribution in [0.25, 0.3) is 0 Å². The van der Waals surface area contributed by atoms with Crippen molar-refractivity contribution in [2.75, 3.05) is 26.2 Å². The Kier molecular flexibility index (Phi) is 2.89. The van der Waals surface area contributed by atoms with Gasteiger partial charge in [-0.25, -0.2) is 0 Å². The molecule has 2 heteroatoms. The molecule has 0 radical (unpaired) electrons. The van der Waals surface area contributed by atoms with Crippen LogP contribution in [-0.2, 0) is 0 Å². The van der Waals surface area contributed by atoms with Crippen molar-refractivity contribution in [2.45, 2.75) is 26.2 Å². The molecule has 13 heavy (non-hydrogen) atoms. The summed E-state index contributed by atoms with van der Waals surface area (Å²) in [5.41, 5.74) is 0. The SMILES string of the molecule is CC1CCCC1CN1CC(CO)C1. The van der Waals surface area contributed by atoms with E-state index in [4.69, 9.17) is 5.11 Å². The molecule has 1 saturated carbocycles. The number of likely N-dealkylation sites (tertiary alicyclic amines) is 1. The fourth-order valence-corrected chi connectivity index (χ4v) is 2.77. The van der Waals surface area contributed by atoms with Crippen molar-refractivity contribution in [1.82, 2.24) is 4.90 Å². The molecule has 0 spiro atoms. The third-order valence-corrected chi connectivity index (χ3v) is 3.82. The average molecular weight is 183 g/mol. The lowest BCUT2D eigenvalue weighted by Gasteiger charge is -2.40. The summed E-state index contributed by atoms with van der Waals surface area (Å²) < 4.78 is 0. The van der Waals surface area contributed by atoms with E-state index in [9.17, 15) is 0 Å². The zero-order valence-corrected chi connectivity index (χ0v) is 8.58. The molecule has 2 rings (SSSR count). The van der Waals surface area contributed by atoms with E-state index >= 15 is 0 Å². The van der Waals surface area contributed by atoms with Crippen LogP contribution in [0.5, 0.6) is 0 Å². The molecule has 2 fully saturated rings. The zero-order chi connectivity index (χ0) is 9.26. The molecule has 0 aromatic carbocycles. The molecule has 1 heterocycles. The summed E-state index contributed by atoms with van der Waals surface area (Å²) in [7, 11) is 0. The van der Waals surface area contributed by atoms with Crippen LogP contribution in [0.3, 0.4) is 0 Å². The Hall–Kier alpha value is -0.0800. The molecule has 1 aliphatic heterocycles. The fraction of sp³-hybridized carbons (Fsp3) is 1.00. The molecule has 0 bridgehead atoms. The maximum Gasteiger partial charge on any atom is 0.0483 e. The lowest BCUT2D eigenvalue weighted by atomic mass is 9.93. The van der Waals surface area contributed by atoms with Crippen LogP contribution in [-0.4, -0.2) is 36.2 Å². The van der Waals surface area contributed by atoms with Crippen LogP contribution in [0.15, 0.2) is 0 Å². The van der Waals surface area contributed by atoms with E-state index in [1.54, 1.807) is 0 Å². The molecular weight excluding hydrogens is 162 g/mol. The number of rotatable bonds is 3. The van der Waals surface area contributed by atoms with Crippen molar-refractivity contribution in [2.24, 2.45) is 17.8 Å². The van der Waals surface area contributed by atoms with Crippen LogP contribution in [0.1, 0.15) is 26.2 Å². The first-order valence-corrected chi connectivity index (χ1v) is 5.63. The van der Waals surface area contributed by atoms with Gasteiger partial charge in [0.1, 0.15) is 0 Å². The Morgan fingerprint density at radius 3 is 2.62 bits per heavy atom. The molecule has 2 nitrogen and oxygen atoms in total. The monoisotopic (exact) mass is 183 g/mol. The standard InChI is InChI=1S/C11H21NO/c1-9-3-2-4-11(9)7-12-5-10(6-12)8-13/h9-11,13H,2-8H2,1H3. The highest BCUT2D eigenvalue weighted by molar-refractivity contribution is 4.84. The molecule has 2 atom stereocenters. The van der Waals surface area contributed by atoms with Crippen molar-refractivity contribution in [3.8, 4) is 0 Å². The quantitative estimate of drug-likeness (QED) is 0.714.